The molecular weight excluding hydrogens is 530 g/mol. The number of amides is 1. The van der Waals surface area contributed by atoms with Crippen LogP contribution in [0.4, 0.5) is 0 Å². The Bertz CT molecular complexity index is 1750. The number of aryl methyl sites for hydroxylation is 2. The summed E-state index contributed by atoms with van der Waals surface area (Å²) in [5, 5.41) is 17.2. The zero-order valence-electron chi connectivity index (χ0n) is 21.3. The van der Waals surface area contributed by atoms with Crippen LogP contribution < -0.4 is 4.74 Å². The molecule has 39 heavy (non-hydrogen) atoms. The molecule has 3 aromatic carbocycles. The zero-order chi connectivity index (χ0) is 27.1. The lowest BCUT2D eigenvalue weighted by molar-refractivity contribution is -0.114. The monoisotopic (exact) mass is 553 g/mol. The number of hydrogen-bond donors (Lipinski definition) is 1. The molecule has 1 N–H and O–H groups in total. The Balaban J connectivity index is 1.28. The van der Waals surface area contributed by atoms with Gasteiger partial charge in [0.05, 0.1) is 17.1 Å². The fourth-order valence-electron chi connectivity index (χ4n) is 4.68. The molecule has 0 saturated carbocycles. The topological polar surface area (TPSA) is 83.0 Å². The molecule has 0 atom stereocenters. The standard InChI is InChI=1S/C30H24ClN5O2S/c1-18-11-12-26(19(2)15-18)38-14-13-35-17-20(21-7-4-6-10-25(21)35)16-23-27(32)36-30(33-28(23)37)39-29(34-36)22-8-3-5-9-24(22)31/h3-12,15-17,32H,13-14H2,1-2H3. The van der Waals surface area contributed by atoms with E-state index in [0.29, 0.717) is 28.4 Å². The largest absolute Gasteiger partial charge is 0.491 e. The Morgan fingerprint density at radius 3 is 2.69 bits per heavy atom. The molecule has 4 aromatic rings. The number of ether oxygens (including phenoxy) is 1. The number of fused-ring (bicyclic) bond motifs is 2. The number of carbonyl (C=O) groups excluding carboxylic acids is 1. The molecule has 2 aliphatic heterocycles. The summed E-state index contributed by atoms with van der Waals surface area (Å²) in [5.74, 6) is 0.383. The van der Waals surface area contributed by atoms with E-state index in [1.807, 2.05) is 67.7 Å². The van der Waals surface area contributed by atoms with Gasteiger partial charge in [-0.15, -0.1) is 0 Å². The zero-order valence-corrected chi connectivity index (χ0v) is 22.9. The van der Waals surface area contributed by atoms with Crippen molar-refractivity contribution in [3.63, 3.8) is 0 Å². The molecule has 0 radical (unpaired) electrons. The van der Waals surface area contributed by atoms with Crippen LogP contribution in [0.5, 0.6) is 5.75 Å². The van der Waals surface area contributed by atoms with E-state index in [0.717, 1.165) is 33.3 Å². The smallest absolute Gasteiger partial charge is 0.283 e. The Morgan fingerprint density at radius 2 is 1.87 bits per heavy atom. The van der Waals surface area contributed by atoms with Crippen molar-refractivity contribution in [1.82, 2.24) is 9.58 Å². The van der Waals surface area contributed by atoms with Crippen molar-refractivity contribution in [3.05, 3.63) is 106 Å². The molecule has 9 heteroatoms. The second-order valence-corrected chi connectivity index (χ2v) is 10.7. The fraction of sp³-hybridized carbons (Fsp3) is 0.133. The Hall–Kier alpha value is -4.14. The van der Waals surface area contributed by atoms with Crippen LogP contribution in [0.25, 0.3) is 17.0 Å². The van der Waals surface area contributed by atoms with Gasteiger partial charge in [0.25, 0.3) is 5.91 Å². The predicted octanol–water partition coefficient (Wildman–Crippen LogP) is 6.66. The third-order valence-electron chi connectivity index (χ3n) is 6.60. The summed E-state index contributed by atoms with van der Waals surface area (Å²) in [4.78, 5) is 17.3. The van der Waals surface area contributed by atoms with Crippen LogP contribution >= 0.6 is 23.4 Å². The van der Waals surface area contributed by atoms with Gasteiger partial charge in [-0.05, 0) is 55.4 Å². The minimum atomic E-state index is -0.468. The van der Waals surface area contributed by atoms with Gasteiger partial charge in [-0.3, -0.25) is 10.2 Å². The number of hydrogen-bond acceptors (Lipinski definition) is 5. The fourth-order valence-corrected chi connectivity index (χ4v) is 5.89. The van der Waals surface area contributed by atoms with Gasteiger partial charge in [0.2, 0.25) is 5.17 Å². The number of benzene rings is 3. The van der Waals surface area contributed by atoms with Gasteiger partial charge in [0.1, 0.15) is 17.4 Å². The Kier molecular flexibility index (Phi) is 6.58. The molecule has 3 heterocycles. The van der Waals surface area contributed by atoms with E-state index in [2.05, 4.69) is 27.7 Å². The molecule has 6 rings (SSSR count). The minimum Gasteiger partial charge on any atom is -0.491 e. The summed E-state index contributed by atoms with van der Waals surface area (Å²) >= 11 is 7.58. The summed E-state index contributed by atoms with van der Waals surface area (Å²) in [6.07, 6.45) is 3.71. The molecule has 194 valence electrons. The van der Waals surface area contributed by atoms with Crippen molar-refractivity contribution < 1.29 is 9.53 Å². The molecule has 0 aliphatic carbocycles. The molecule has 1 aromatic heterocycles. The van der Waals surface area contributed by atoms with E-state index >= 15 is 0 Å². The summed E-state index contributed by atoms with van der Waals surface area (Å²) in [7, 11) is 0. The van der Waals surface area contributed by atoms with Gasteiger partial charge in [-0.1, -0.05) is 65.7 Å². The lowest BCUT2D eigenvalue weighted by Gasteiger charge is -2.20. The molecule has 1 amide bonds. The van der Waals surface area contributed by atoms with Crippen molar-refractivity contribution in [1.29, 1.82) is 5.41 Å². The Labute approximate surface area is 235 Å². The van der Waals surface area contributed by atoms with Crippen LogP contribution in [0.3, 0.4) is 0 Å². The van der Waals surface area contributed by atoms with Crippen LogP contribution in [-0.2, 0) is 11.3 Å². The SMILES string of the molecule is Cc1ccc(OCCn2cc(C=C3C(=N)N4N=C(c5ccccc5Cl)SC4=NC3=O)c3ccccc32)c(C)c1. The summed E-state index contributed by atoms with van der Waals surface area (Å²) in [6, 6.07) is 21.5. The van der Waals surface area contributed by atoms with Crippen LogP contribution in [-0.4, -0.2) is 38.1 Å². The van der Waals surface area contributed by atoms with E-state index < -0.39 is 5.91 Å². The summed E-state index contributed by atoms with van der Waals surface area (Å²) in [5.41, 5.74) is 5.06. The normalized spacial score (nSPS) is 16.1. The molecule has 2 aliphatic rings. The number of hydrazone groups is 1. The highest BCUT2D eigenvalue weighted by atomic mass is 35.5. The highest BCUT2D eigenvalue weighted by Gasteiger charge is 2.36. The first-order valence-corrected chi connectivity index (χ1v) is 13.6. The first-order valence-electron chi connectivity index (χ1n) is 12.4. The number of aromatic nitrogens is 1. The van der Waals surface area contributed by atoms with E-state index in [9.17, 15) is 4.79 Å². The minimum absolute atomic E-state index is 0.0189. The number of nitrogens with zero attached hydrogens (tertiary/aromatic N) is 4. The van der Waals surface area contributed by atoms with E-state index in [4.69, 9.17) is 21.7 Å². The van der Waals surface area contributed by atoms with E-state index in [-0.39, 0.29) is 11.4 Å². The van der Waals surface area contributed by atoms with Gasteiger partial charge in [-0.2, -0.15) is 15.1 Å². The van der Waals surface area contributed by atoms with Crippen molar-refractivity contribution in [2.75, 3.05) is 6.61 Å². The van der Waals surface area contributed by atoms with Crippen LogP contribution in [0, 0.1) is 19.3 Å². The van der Waals surface area contributed by atoms with E-state index in [1.165, 1.54) is 22.3 Å². The summed E-state index contributed by atoms with van der Waals surface area (Å²) < 4.78 is 8.17. The number of thioether (sulfide) groups is 1. The summed E-state index contributed by atoms with van der Waals surface area (Å²) in [6.45, 7) is 5.22. The molecule has 0 spiro atoms. The molecule has 0 unspecified atom stereocenters. The van der Waals surface area contributed by atoms with Gasteiger partial charge >= 0.3 is 0 Å². The van der Waals surface area contributed by atoms with Crippen molar-refractivity contribution in [2.45, 2.75) is 20.4 Å². The third-order valence-corrected chi connectivity index (χ3v) is 7.87. The van der Waals surface area contributed by atoms with Crippen molar-refractivity contribution in [3.8, 4) is 5.75 Å². The maximum absolute atomic E-state index is 13.0. The lowest BCUT2D eigenvalue weighted by atomic mass is 10.1. The first-order chi connectivity index (χ1) is 18.9. The lowest BCUT2D eigenvalue weighted by Crippen LogP contribution is -2.35. The predicted molar refractivity (Wildman–Crippen MR) is 159 cm³/mol. The Morgan fingerprint density at radius 1 is 1.08 bits per heavy atom. The maximum atomic E-state index is 13.0. The second-order valence-electron chi connectivity index (χ2n) is 9.32. The van der Waals surface area contributed by atoms with E-state index in [1.54, 1.807) is 12.1 Å². The van der Waals surface area contributed by atoms with Gasteiger partial charge in [0.15, 0.2) is 5.84 Å². The van der Waals surface area contributed by atoms with Crippen LogP contribution in [0.1, 0.15) is 22.3 Å². The van der Waals surface area contributed by atoms with Crippen LogP contribution in [0.2, 0.25) is 5.02 Å². The highest BCUT2D eigenvalue weighted by Crippen LogP contribution is 2.34. The maximum Gasteiger partial charge on any atom is 0.283 e. The average molecular weight is 554 g/mol. The molecule has 0 saturated heterocycles. The van der Waals surface area contributed by atoms with Gasteiger partial charge in [0, 0.05) is 28.2 Å². The molecule has 0 bridgehead atoms. The molecule has 7 nitrogen and oxygen atoms in total. The van der Waals surface area contributed by atoms with Gasteiger partial charge < -0.3 is 9.30 Å². The number of carbonyl (C=O) groups is 1. The number of aliphatic imine (C=N–C) groups is 1. The number of para-hydroxylation sites is 1. The third kappa shape index (κ3) is 4.77. The van der Waals surface area contributed by atoms with Crippen LogP contribution in [0.15, 0.2) is 88.6 Å². The second kappa shape index (κ2) is 10.2. The first kappa shape index (κ1) is 25.2. The van der Waals surface area contributed by atoms with Crippen molar-refractivity contribution >= 4 is 62.3 Å². The quantitative estimate of drug-likeness (QED) is 0.271. The number of nitrogens with one attached hydrogen (secondary N) is 1. The number of halogens is 1. The number of amidine groups is 2. The molecule has 0 fully saturated rings. The average Bonchev–Trinajstić information content (AvgIpc) is 3.50. The highest BCUT2D eigenvalue weighted by molar-refractivity contribution is 8.27. The molecular formula is C30H24ClN5O2S. The number of rotatable bonds is 6. The van der Waals surface area contributed by atoms with Gasteiger partial charge in [-0.25, -0.2) is 0 Å². The van der Waals surface area contributed by atoms with Crippen molar-refractivity contribution in [2.24, 2.45) is 10.1 Å².